The summed E-state index contributed by atoms with van der Waals surface area (Å²) in [6, 6.07) is 3.94. The summed E-state index contributed by atoms with van der Waals surface area (Å²) in [6.07, 6.45) is 4.89. The Morgan fingerprint density at radius 1 is 1.57 bits per heavy atom. The van der Waals surface area contributed by atoms with E-state index >= 15 is 0 Å². The van der Waals surface area contributed by atoms with Crippen molar-refractivity contribution in [3.8, 4) is 0 Å². The lowest BCUT2D eigenvalue weighted by Gasteiger charge is -1.90. The van der Waals surface area contributed by atoms with Crippen molar-refractivity contribution in [2.24, 2.45) is 11.7 Å². The highest BCUT2D eigenvalue weighted by atomic mass is 15.2. The van der Waals surface area contributed by atoms with Crippen molar-refractivity contribution in [2.45, 2.75) is 12.3 Å². The molecule has 2 unspecified atom stereocenters. The van der Waals surface area contributed by atoms with Crippen molar-refractivity contribution >= 4 is 5.65 Å². The van der Waals surface area contributed by atoms with Crippen LogP contribution in [0.3, 0.4) is 0 Å². The van der Waals surface area contributed by atoms with Crippen LogP contribution < -0.4 is 5.73 Å². The van der Waals surface area contributed by atoms with E-state index < -0.39 is 0 Å². The van der Waals surface area contributed by atoms with Crippen molar-refractivity contribution in [3.63, 3.8) is 0 Å². The maximum Gasteiger partial charge on any atom is 0.155 e. The largest absolute Gasteiger partial charge is 0.330 e. The number of rotatable bonds is 2. The van der Waals surface area contributed by atoms with Crippen molar-refractivity contribution in [1.82, 2.24) is 14.6 Å². The summed E-state index contributed by atoms with van der Waals surface area (Å²) in [6.45, 7) is 0.770. The number of nitrogens with two attached hydrogens (primary N) is 1. The summed E-state index contributed by atoms with van der Waals surface area (Å²) in [5, 5.41) is 4.47. The Bertz CT molecular complexity index is 429. The minimum atomic E-state index is 0.571. The first-order valence-corrected chi connectivity index (χ1v) is 4.89. The van der Waals surface area contributed by atoms with E-state index in [-0.39, 0.29) is 0 Å². The van der Waals surface area contributed by atoms with Gasteiger partial charge in [-0.1, -0.05) is 0 Å². The van der Waals surface area contributed by atoms with E-state index in [1.807, 2.05) is 16.8 Å². The molecule has 2 aromatic rings. The Morgan fingerprint density at radius 3 is 3.21 bits per heavy atom. The monoisotopic (exact) mass is 188 g/mol. The van der Waals surface area contributed by atoms with Gasteiger partial charge in [-0.2, -0.15) is 5.10 Å². The van der Waals surface area contributed by atoms with Gasteiger partial charge in [0, 0.05) is 24.4 Å². The van der Waals surface area contributed by atoms with Gasteiger partial charge < -0.3 is 5.73 Å². The van der Waals surface area contributed by atoms with E-state index in [1.54, 1.807) is 6.20 Å². The second-order valence-electron chi connectivity index (χ2n) is 3.83. The number of aromatic nitrogens is 3. The SMILES string of the molecule is NCC1CC1c1cc2ncccn2n1. The molecular formula is C10H12N4. The third-order valence-corrected chi connectivity index (χ3v) is 2.86. The molecule has 0 radical (unpaired) electrons. The average molecular weight is 188 g/mol. The smallest absolute Gasteiger partial charge is 0.155 e. The molecule has 1 aliphatic carbocycles. The number of hydrogen-bond donors (Lipinski definition) is 1. The molecular weight excluding hydrogens is 176 g/mol. The maximum atomic E-state index is 5.61. The van der Waals surface area contributed by atoms with Crippen LogP contribution in [0.25, 0.3) is 5.65 Å². The molecule has 2 aromatic heterocycles. The van der Waals surface area contributed by atoms with Gasteiger partial charge in [0.25, 0.3) is 0 Å². The zero-order valence-electron chi connectivity index (χ0n) is 7.80. The molecule has 3 rings (SSSR count). The van der Waals surface area contributed by atoms with Crippen LogP contribution in [-0.4, -0.2) is 21.1 Å². The Kier molecular flexibility index (Phi) is 1.58. The standard InChI is InChI=1S/C10H12N4/c11-6-7-4-8(7)9-5-10-12-2-1-3-14(10)13-9/h1-3,5,7-8H,4,6,11H2. The third-order valence-electron chi connectivity index (χ3n) is 2.86. The topological polar surface area (TPSA) is 56.2 Å². The van der Waals surface area contributed by atoms with Crippen LogP contribution in [0.2, 0.25) is 0 Å². The van der Waals surface area contributed by atoms with Gasteiger partial charge in [0.1, 0.15) is 0 Å². The van der Waals surface area contributed by atoms with Gasteiger partial charge in [0.2, 0.25) is 0 Å². The van der Waals surface area contributed by atoms with Crippen molar-refractivity contribution < 1.29 is 0 Å². The van der Waals surface area contributed by atoms with Crippen LogP contribution in [0, 0.1) is 5.92 Å². The number of fused-ring (bicyclic) bond motifs is 1. The molecule has 0 bridgehead atoms. The molecule has 0 saturated heterocycles. The Labute approximate surface area is 81.8 Å². The van der Waals surface area contributed by atoms with E-state index in [0.717, 1.165) is 17.9 Å². The molecule has 1 saturated carbocycles. The Morgan fingerprint density at radius 2 is 2.50 bits per heavy atom. The first-order chi connectivity index (χ1) is 6.88. The highest BCUT2D eigenvalue weighted by Crippen LogP contribution is 2.45. The van der Waals surface area contributed by atoms with Crippen molar-refractivity contribution in [2.75, 3.05) is 6.54 Å². The first-order valence-electron chi connectivity index (χ1n) is 4.89. The van der Waals surface area contributed by atoms with Crippen LogP contribution in [0.4, 0.5) is 0 Å². The fraction of sp³-hybridized carbons (Fsp3) is 0.400. The van der Waals surface area contributed by atoms with Crippen LogP contribution in [0.1, 0.15) is 18.0 Å². The molecule has 4 heteroatoms. The Hall–Kier alpha value is -1.42. The van der Waals surface area contributed by atoms with E-state index in [1.165, 1.54) is 6.42 Å². The molecule has 0 spiro atoms. The normalized spacial score (nSPS) is 25.5. The lowest BCUT2D eigenvalue weighted by Crippen LogP contribution is -2.02. The quantitative estimate of drug-likeness (QED) is 0.758. The lowest BCUT2D eigenvalue weighted by atomic mass is 10.2. The first kappa shape index (κ1) is 7.94. The minimum absolute atomic E-state index is 0.571. The van der Waals surface area contributed by atoms with Gasteiger partial charge in [0.15, 0.2) is 5.65 Å². The molecule has 14 heavy (non-hydrogen) atoms. The highest BCUT2D eigenvalue weighted by molar-refractivity contribution is 5.40. The Balaban J connectivity index is 1.99. The van der Waals surface area contributed by atoms with Crippen LogP contribution in [-0.2, 0) is 0 Å². The molecule has 0 amide bonds. The summed E-state index contributed by atoms with van der Waals surface area (Å²) in [5.41, 5.74) is 7.67. The van der Waals surface area contributed by atoms with E-state index in [9.17, 15) is 0 Å². The predicted molar refractivity (Wildman–Crippen MR) is 52.9 cm³/mol. The summed E-state index contributed by atoms with van der Waals surface area (Å²) >= 11 is 0. The molecule has 2 heterocycles. The van der Waals surface area contributed by atoms with Gasteiger partial charge in [0.05, 0.1) is 5.69 Å². The molecule has 0 aliphatic heterocycles. The molecule has 1 fully saturated rings. The second kappa shape index (κ2) is 2.78. The molecule has 72 valence electrons. The predicted octanol–water partition coefficient (Wildman–Crippen LogP) is 0.792. The zero-order valence-corrected chi connectivity index (χ0v) is 7.80. The fourth-order valence-electron chi connectivity index (χ4n) is 1.90. The van der Waals surface area contributed by atoms with Gasteiger partial charge in [-0.05, 0) is 24.9 Å². The van der Waals surface area contributed by atoms with Crippen LogP contribution >= 0.6 is 0 Å². The summed E-state index contributed by atoms with van der Waals surface area (Å²) in [7, 11) is 0. The zero-order chi connectivity index (χ0) is 9.54. The summed E-state index contributed by atoms with van der Waals surface area (Å²) in [5.74, 6) is 1.21. The molecule has 2 N–H and O–H groups in total. The molecule has 1 aliphatic rings. The van der Waals surface area contributed by atoms with Crippen molar-refractivity contribution in [3.05, 3.63) is 30.2 Å². The molecule has 2 atom stereocenters. The van der Waals surface area contributed by atoms with Gasteiger partial charge in [-0.15, -0.1) is 0 Å². The van der Waals surface area contributed by atoms with Crippen LogP contribution in [0.15, 0.2) is 24.5 Å². The second-order valence-corrected chi connectivity index (χ2v) is 3.83. The minimum Gasteiger partial charge on any atom is -0.330 e. The van der Waals surface area contributed by atoms with E-state index in [0.29, 0.717) is 11.8 Å². The van der Waals surface area contributed by atoms with Gasteiger partial charge in [-0.25, -0.2) is 9.50 Å². The summed E-state index contributed by atoms with van der Waals surface area (Å²) in [4.78, 5) is 4.23. The summed E-state index contributed by atoms with van der Waals surface area (Å²) < 4.78 is 1.82. The van der Waals surface area contributed by atoms with Crippen molar-refractivity contribution in [1.29, 1.82) is 0 Å². The van der Waals surface area contributed by atoms with Crippen LogP contribution in [0.5, 0.6) is 0 Å². The lowest BCUT2D eigenvalue weighted by molar-refractivity contribution is 0.783. The molecule has 0 aromatic carbocycles. The number of hydrogen-bond acceptors (Lipinski definition) is 3. The van der Waals surface area contributed by atoms with Gasteiger partial charge in [-0.3, -0.25) is 0 Å². The molecule has 4 nitrogen and oxygen atoms in total. The third kappa shape index (κ3) is 1.11. The average Bonchev–Trinajstić information content (AvgIpc) is 2.89. The fourth-order valence-corrected chi connectivity index (χ4v) is 1.90. The van der Waals surface area contributed by atoms with E-state index in [4.69, 9.17) is 5.73 Å². The highest BCUT2D eigenvalue weighted by Gasteiger charge is 2.38. The number of nitrogens with zero attached hydrogens (tertiary/aromatic N) is 3. The maximum absolute atomic E-state index is 5.61. The van der Waals surface area contributed by atoms with E-state index in [2.05, 4.69) is 16.1 Å². The van der Waals surface area contributed by atoms with Gasteiger partial charge >= 0.3 is 0 Å².